The van der Waals surface area contributed by atoms with E-state index in [1.165, 1.54) is 25.1 Å². The molecule has 1 rings (SSSR count). The number of hydrazine groups is 1. The first-order chi connectivity index (χ1) is 9.12. The van der Waals surface area contributed by atoms with E-state index < -0.39 is 17.5 Å². The summed E-state index contributed by atoms with van der Waals surface area (Å²) in [6, 6.07) is 4.12. The molecule has 0 saturated carbocycles. The first-order valence-corrected chi connectivity index (χ1v) is 5.54. The molecule has 0 saturated heterocycles. The summed E-state index contributed by atoms with van der Waals surface area (Å²) in [6.45, 7) is 2.51. The second-order valence-electron chi connectivity index (χ2n) is 4.30. The highest BCUT2D eigenvalue weighted by atomic mass is 16.4. The minimum absolute atomic E-state index is 0.0900. The molecule has 7 N–H and O–H groups in total. The van der Waals surface area contributed by atoms with Crippen LogP contribution in [0.2, 0.25) is 0 Å². The van der Waals surface area contributed by atoms with E-state index in [1.54, 1.807) is 0 Å². The second kappa shape index (κ2) is 7.31. The lowest BCUT2D eigenvalue weighted by Gasteiger charge is -2.23. The number of phenolic OH excluding ortho intramolecular Hbond substituents is 2. The van der Waals surface area contributed by atoms with E-state index in [9.17, 15) is 9.90 Å². The van der Waals surface area contributed by atoms with Gasteiger partial charge >= 0.3 is 5.97 Å². The van der Waals surface area contributed by atoms with Crippen LogP contribution in [0.15, 0.2) is 18.2 Å². The van der Waals surface area contributed by atoms with E-state index in [-0.39, 0.29) is 17.9 Å². The molecule has 0 heterocycles. The quantitative estimate of drug-likeness (QED) is 0.257. The highest BCUT2D eigenvalue weighted by Gasteiger charge is 2.32. The Bertz CT molecular complexity index is 487. The van der Waals surface area contributed by atoms with Crippen molar-refractivity contribution < 1.29 is 30.0 Å². The minimum Gasteiger partial charge on any atom is -0.504 e. The van der Waals surface area contributed by atoms with Crippen molar-refractivity contribution in [1.82, 2.24) is 5.43 Å². The van der Waals surface area contributed by atoms with Crippen molar-refractivity contribution in [3.05, 3.63) is 23.8 Å². The van der Waals surface area contributed by atoms with Gasteiger partial charge in [0.15, 0.2) is 11.5 Å². The van der Waals surface area contributed by atoms with Crippen molar-refractivity contribution in [2.75, 3.05) is 0 Å². The highest BCUT2D eigenvalue weighted by Crippen LogP contribution is 2.26. The molecule has 112 valence electrons. The summed E-state index contributed by atoms with van der Waals surface area (Å²) < 4.78 is 0. The number of hydrogen-bond donors (Lipinski definition) is 6. The molecule has 8 nitrogen and oxygen atoms in total. The summed E-state index contributed by atoms with van der Waals surface area (Å²) >= 11 is 0. The first kappa shape index (κ1) is 17.7. The van der Waals surface area contributed by atoms with Crippen LogP contribution in [0.25, 0.3) is 0 Å². The van der Waals surface area contributed by atoms with Crippen LogP contribution in [-0.2, 0) is 16.0 Å². The van der Waals surface area contributed by atoms with Crippen molar-refractivity contribution in [2.45, 2.75) is 25.8 Å². The van der Waals surface area contributed by atoms with Gasteiger partial charge in [-0.15, -0.1) is 0 Å². The summed E-state index contributed by atoms with van der Waals surface area (Å²) in [6.07, 6.45) is 0.0900. The number of carboxylic acids is 2. The minimum atomic E-state index is -1.32. The molecule has 0 fully saturated rings. The third-order valence-corrected chi connectivity index (χ3v) is 2.39. The summed E-state index contributed by atoms with van der Waals surface area (Å²) in [4.78, 5) is 20.0. The zero-order valence-corrected chi connectivity index (χ0v) is 11.1. The molecule has 8 heteroatoms. The molecule has 0 aromatic heterocycles. The lowest BCUT2D eigenvalue weighted by Crippen LogP contribution is -2.54. The van der Waals surface area contributed by atoms with Crippen LogP contribution >= 0.6 is 0 Å². The summed E-state index contributed by atoms with van der Waals surface area (Å²) in [7, 11) is 0. The monoisotopic (exact) mass is 286 g/mol. The van der Waals surface area contributed by atoms with Gasteiger partial charge in [-0.3, -0.25) is 15.4 Å². The van der Waals surface area contributed by atoms with E-state index in [4.69, 9.17) is 26.0 Å². The Kier molecular flexibility index (Phi) is 6.47. The Labute approximate surface area is 115 Å². The van der Waals surface area contributed by atoms with Crippen LogP contribution in [0, 0.1) is 0 Å². The fourth-order valence-corrected chi connectivity index (χ4v) is 1.28. The number of aliphatic carboxylic acids is 2. The number of carboxylic acid groups (broad SMARTS) is 2. The van der Waals surface area contributed by atoms with Crippen LogP contribution in [0.1, 0.15) is 19.4 Å². The van der Waals surface area contributed by atoms with Gasteiger partial charge in [0.25, 0.3) is 5.97 Å². The maximum Gasteiger partial charge on any atom is 0.325 e. The van der Waals surface area contributed by atoms with Crippen molar-refractivity contribution >= 4 is 11.9 Å². The van der Waals surface area contributed by atoms with Gasteiger partial charge in [-0.25, -0.2) is 5.43 Å². The van der Waals surface area contributed by atoms with Crippen LogP contribution < -0.4 is 11.3 Å². The number of nitrogens with one attached hydrogen (secondary N) is 1. The Morgan fingerprint density at radius 2 is 1.75 bits per heavy atom. The molecular formula is C12H18N2O6. The first-order valence-electron chi connectivity index (χ1n) is 5.54. The summed E-state index contributed by atoms with van der Waals surface area (Å²) in [5, 5.41) is 34.7. The van der Waals surface area contributed by atoms with Gasteiger partial charge in [0.05, 0.1) is 0 Å². The summed E-state index contributed by atoms with van der Waals surface area (Å²) in [5.74, 6) is 2.71. The highest BCUT2D eigenvalue weighted by molar-refractivity contribution is 5.78. The molecule has 0 radical (unpaired) electrons. The third-order valence-electron chi connectivity index (χ3n) is 2.39. The molecule has 0 aliphatic carbocycles. The molecule has 1 atom stereocenters. The molecule has 1 aromatic carbocycles. The number of hydrogen-bond acceptors (Lipinski definition) is 6. The number of rotatable bonds is 4. The lowest BCUT2D eigenvalue weighted by molar-refractivity contribution is -0.144. The van der Waals surface area contributed by atoms with Crippen molar-refractivity contribution in [1.29, 1.82) is 0 Å². The molecule has 1 unspecified atom stereocenters. The second-order valence-corrected chi connectivity index (χ2v) is 4.30. The average Bonchev–Trinajstić information content (AvgIpc) is 2.33. The molecule has 0 aliphatic rings. The predicted molar refractivity (Wildman–Crippen MR) is 70.1 cm³/mol. The fourth-order valence-electron chi connectivity index (χ4n) is 1.28. The maximum absolute atomic E-state index is 11.0. The smallest absolute Gasteiger partial charge is 0.325 e. The average molecular weight is 286 g/mol. The van der Waals surface area contributed by atoms with Crippen molar-refractivity contribution in [3.8, 4) is 11.5 Å². The predicted octanol–water partition coefficient (Wildman–Crippen LogP) is 0.0378. The largest absolute Gasteiger partial charge is 0.504 e. The van der Waals surface area contributed by atoms with Crippen LogP contribution in [0.5, 0.6) is 11.5 Å². The van der Waals surface area contributed by atoms with E-state index in [2.05, 4.69) is 5.43 Å². The standard InChI is InChI=1S/C10H14N2O4.C2H4O2/c1-10(12-11,9(15)16)5-6-2-3-7(13)8(14)4-6;1-2(3)4/h2-4,12-14H,5,11H2,1H3,(H,15,16);1H3,(H,3,4). The fraction of sp³-hybridized carbons (Fsp3) is 0.333. The van der Waals surface area contributed by atoms with Gasteiger partial charge in [0.2, 0.25) is 0 Å². The normalized spacial score (nSPS) is 12.8. The van der Waals surface area contributed by atoms with Gasteiger partial charge in [-0.2, -0.15) is 0 Å². The van der Waals surface area contributed by atoms with E-state index >= 15 is 0 Å². The number of nitrogens with two attached hydrogens (primary N) is 1. The molecule has 0 amide bonds. The van der Waals surface area contributed by atoms with Gasteiger partial charge in [0.1, 0.15) is 5.54 Å². The maximum atomic E-state index is 11.0. The molecule has 0 bridgehead atoms. The van der Waals surface area contributed by atoms with Gasteiger partial charge in [0, 0.05) is 13.3 Å². The van der Waals surface area contributed by atoms with Crippen molar-refractivity contribution in [3.63, 3.8) is 0 Å². The van der Waals surface area contributed by atoms with Crippen LogP contribution in [0.3, 0.4) is 0 Å². The Balaban J connectivity index is 0.000000796. The third kappa shape index (κ3) is 5.55. The molecule has 0 spiro atoms. The van der Waals surface area contributed by atoms with E-state index in [0.717, 1.165) is 6.92 Å². The SMILES string of the molecule is CC(=O)O.CC(Cc1ccc(O)c(O)c1)(NN)C(=O)O. The molecule has 20 heavy (non-hydrogen) atoms. The van der Waals surface area contributed by atoms with Gasteiger partial charge in [-0.1, -0.05) is 6.07 Å². The Morgan fingerprint density at radius 1 is 1.25 bits per heavy atom. The van der Waals surface area contributed by atoms with Gasteiger partial charge < -0.3 is 20.4 Å². The lowest BCUT2D eigenvalue weighted by atomic mass is 9.93. The zero-order chi connectivity index (χ0) is 15.9. The Morgan fingerprint density at radius 3 is 2.10 bits per heavy atom. The van der Waals surface area contributed by atoms with Crippen LogP contribution in [0.4, 0.5) is 0 Å². The van der Waals surface area contributed by atoms with Crippen molar-refractivity contribution in [2.24, 2.45) is 5.84 Å². The number of carbonyl (C=O) groups is 2. The molecule has 0 aliphatic heterocycles. The van der Waals surface area contributed by atoms with E-state index in [0.29, 0.717) is 5.56 Å². The molecule has 1 aromatic rings. The summed E-state index contributed by atoms with van der Waals surface area (Å²) in [5.41, 5.74) is 1.45. The number of benzene rings is 1. The zero-order valence-electron chi connectivity index (χ0n) is 11.1. The number of phenols is 2. The molecular weight excluding hydrogens is 268 g/mol. The van der Waals surface area contributed by atoms with Gasteiger partial charge in [-0.05, 0) is 24.6 Å². The van der Waals surface area contributed by atoms with E-state index in [1.807, 2.05) is 0 Å². The topological polar surface area (TPSA) is 153 Å². The number of aromatic hydroxyl groups is 2. The Hall–Kier alpha value is -2.32. The van der Waals surface area contributed by atoms with Crippen LogP contribution in [-0.4, -0.2) is 37.9 Å².